The normalized spacial score (nSPS) is 18.1. The van der Waals surface area contributed by atoms with E-state index in [1.54, 1.807) is 0 Å². The number of anilines is 1. The van der Waals surface area contributed by atoms with Gasteiger partial charge in [-0.3, -0.25) is 4.79 Å². The maximum atomic E-state index is 12.3. The molecule has 1 aromatic carbocycles. The number of nitrogens with one attached hydrogen (secondary N) is 2. The molecule has 1 atom stereocenters. The maximum Gasteiger partial charge on any atom is 0.241 e. The van der Waals surface area contributed by atoms with Crippen molar-refractivity contribution in [1.29, 1.82) is 0 Å². The lowest BCUT2D eigenvalue weighted by Gasteiger charge is -2.26. The highest BCUT2D eigenvalue weighted by molar-refractivity contribution is 6.03. The summed E-state index contributed by atoms with van der Waals surface area (Å²) in [4.78, 5) is 15.4. The first-order valence-electron chi connectivity index (χ1n) is 6.96. The lowest BCUT2D eigenvalue weighted by atomic mass is 9.92. The highest BCUT2D eigenvalue weighted by atomic mass is 16.5. The van der Waals surface area contributed by atoms with Crippen molar-refractivity contribution < 1.29 is 9.53 Å². The predicted molar refractivity (Wildman–Crippen MR) is 78.4 cm³/mol. The molecule has 0 saturated carbocycles. The Kier molecular flexibility index (Phi) is 3.71. The number of benzene rings is 1. The van der Waals surface area contributed by atoms with Crippen LogP contribution < -0.4 is 11.1 Å². The lowest BCUT2D eigenvalue weighted by Crippen LogP contribution is -2.44. The molecular formula is C15H19N3O2. The fraction of sp³-hybridized carbons (Fsp3) is 0.400. The minimum atomic E-state index is -0.479. The summed E-state index contributed by atoms with van der Waals surface area (Å²) in [5.41, 5.74) is 7.89. The zero-order valence-electron chi connectivity index (χ0n) is 11.3. The van der Waals surface area contributed by atoms with E-state index in [4.69, 9.17) is 10.5 Å². The van der Waals surface area contributed by atoms with Gasteiger partial charge in [-0.25, -0.2) is 0 Å². The van der Waals surface area contributed by atoms with Crippen LogP contribution in [0.25, 0.3) is 10.9 Å². The molecule has 1 saturated heterocycles. The van der Waals surface area contributed by atoms with Crippen molar-refractivity contribution in [1.82, 2.24) is 4.98 Å². The van der Waals surface area contributed by atoms with Crippen LogP contribution in [0.2, 0.25) is 0 Å². The summed E-state index contributed by atoms with van der Waals surface area (Å²) < 4.78 is 5.30. The molecule has 1 aliphatic heterocycles. The van der Waals surface area contributed by atoms with E-state index in [2.05, 4.69) is 10.3 Å². The number of hydrogen-bond acceptors (Lipinski definition) is 3. The van der Waals surface area contributed by atoms with E-state index in [0.717, 1.165) is 29.4 Å². The largest absolute Gasteiger partial charge is 0.381 e. The molecule has 0 spiro atoms. The summed E-state index contributed by atoms with van der Waals surface area (Å²) in [5, 5.41) is 3.94. The molecule has 2 heterocycles. The number of H-pyrrole nitrogens is 1. The summed E-state index contributed by atoms with van der Waals surface area (Å²) >= 11 is 0. The van der Waals surface area contributed by atoms with Crippen LogP contribution in [0.5, 0.6) is 0 Å². The molecule has 1 aliphatic rings. The van der Waals surface area contributed by atoms with Crippen LogP contribution in [0, 0.1) is 5.92 Å². The first-order valence-corrected chi connectivity index (χ1v) is 6.96. The van der Waals surface area contributed by atoms with Crippen LogP contribution in [-0.4, -0.2) is 30.1 Å². The number of ether oxygens (including phenoxy) is 1. The molecule has 1 aromatic heterocycles. The topological polar surface area (TPSA) is 80.1 Å². The van der Waals surface area contributed by atoms with Crippen LogP contribution in [0.1, 0.15) is 12.8 Å². The molecule has 5 heteroatoms. The fourth-order valence-electron chi connectivity index (χ4n) is 2.70. The molecule has 20 heavy (non-hydrogen) atoms. The lowest BCUT2D eigenvalue weighted by molar-refractivity contribution is -0.119. The Morgan fingerprint density at radius 1 is 1.35 bits per heavy atom. The summed E-state index contributed by atoms with van der Waals surface area (Å²) in [6, 6.07) is 7.25. The third-order valence-electron chi connectivity index (χ3n) is 3.93. The van der Waals surface area contributed by atoms with Crippen LogP contribution in [0.4, 0.5) is 5.69 Å². The van der Waals surface area contributed by atoms with E-state index >= 15 is 0 Å². The average Bonchev–Trinajstić information content (AvgIpc) is 2.97. The molecule has 106 valence electrons. The predicted octanol–water partition coefficient (Wildman–Crippen LogP) is 1.86. The van der Waals surface area contributed by atoms with Crippen molar-refractivity contribution in [2.45, 2.75) is 18.9 Å². The molecule has 4 N–H and O–H groups in total. The number of nitrogens with two attached hydrogens (primary N) is 1. The van der Waals surface area contributed by atoms with E-state index in [-0.39, 0.29) is 11.8 Å². The molecule has 1 fully saturated rings. The molecule has 2 aromatic rings. The number of hydrogen-bond donors (Lipinski definition) is 3. The fourth-order valence-corrected chi connectivity index (χ4v) is 2.70. The van der Waals surface area contributed by atoms with Crippen molar-refractivity contribution in [3.8, 4) is 0 Å². The minimum Gasteiger partial charge on any atom is -0.381 e. The molecule has 0 bridgehead atoms. The van der Waals surface area contributed by atoms with E-state index in [0.29, 0.717) is 13.2 Å². The second-order valence-electron chi connectivity index (χ2n) is 5.21. The molecule has 1 unspecified atom stereocenters. The van der Waals surface area contributed by atoms with Gasteiger partial charge >= 0.3 is 0 Å². The van der Waals surface area contributed by atoms with Gasteiger partial charge in [0.05, 0.1) is 11.7 Å². The quantitative estimate of drug-likeness (QED) is 0.798. The standard InChI is InChI=1S/C15H19N3O2/c16-14(10-5-8-20-9-6-10)15(19)18-13-3-1-2-12-11(13)4-7-17-12/h1-4,7,10,14,17H,5-6,8-9,16H2,(H,18,19). The average molecular weight is 273 g/mol. The third kappa shape index (κ3) is 2.55. The smallest absolute Gasteiger partial charge is 0.241 e. The Labute approximate surface area is 117 Å². The maximum absolute atomic E-state index is 12.3. The molecule has 1 amide bonds. The minimum absolute atomic E-state index is 0.120. The monoisotopic (exact) mass is 273 g/mol. The molecule has 3 rings (SSSR count). The van der Waals surface area contributed by atoms with Crippen molar-refractivity contribution in [2.24, 2.45) is 11.7 Å². The zero-order valence-corrected chi connectivity index (χ0v) is 11.3. The summed E-state index contributed by atoms with van der Waals surface area (Å²) in [6.07, 6.45) is 3.56. The Bertz CT molecular complexity index is 602. The van der Waals surface area contributed by atoms with Crippen LogP contribution in [0.15, 0.2) is 30.5 Å². The van der Waals surface area contributed by atoms with E-state index in [1.807, 2.05) is 30.5 Å². The molecule has 0 aliphatic carbocycles. The van der Waals surface area contributed by atoms with E-state index < -0.39 is 6.04 Å². The van der Waals surface area contributed by atoms with Gasteiger partial charge in [0.2, 0.25) is 5.91 Å². The Morgan fingerprint density at radius 2 is 2.15 bits per heavy atom. The second kappa shape index (κ2) is 5.64. The number of amides is 1. The second-order valence-corrected chi connectivity index (χ2v) is 5.21. The van der Waals surface area contributed by atoms with Gasteiger partial charge in [0.1, 0.15) is 0 Å². The highest BCUT2D eigenvalue weighted by Crippen LogP contribution is 2.23. The van der Waals surface area contributed by atoms with Crippen molar-refractivity contribution >= 4 is 22.5 Å². The zero-order chi connectivity index (χ0) is 13.9. The number of carbonyl (C=O) groups is 1. The van der Waals surface area contributed by atoms with Gasteiger partial charge in [-0.2, -0.15) is 0 Å². The van der Waals surface area contributed by atoms with E-state index in [1.165, 1.54) is 0 Å². The van der Waals surface area contributed by atoms with Gasteiger partial charge < -0.3 is 20.8 Å². The molecular weight excluding hydrogens is 254 g/mol. The number of fused-ring (bicyclic) bond motifs is 1. The van der Waals surface area contributed by atoms with Gasteiger partial charge in [-0.1, -0.05) is 6.07 Å². The van der Waals surface area contributed by atoms with Gasteiger partial charge in [0.25, 0.3) is 0 Å². The first-order chi connectivity index (χ1) is 9.75. The highest BCUT2D eigenvalue weighted by Gasteiger charge is 2.26. The SMILES string of the molecule is NC(C(=O)Nc1cccc2[nH]ccc12)C1CCOCC1. The van der Waals surface area contributed by atoms with Gasteiger partial charge in [-0.05, 0) is 37.0 Å². The Balaban J connectivity index is 1.73. The van der Waals surface area contributed by atoms with Gasteiger partial charge in [0, 0.05) is 30.3 Å². The summed E-state index contributed by atoms with van der Waals surface area (Å²) in [5.74, 6) is 0.0831. The number of aromatic amines is 1. The summed E-state index contributed by atoms with van der Waals surface area (Å²) in [7, 11) is 0. The van der Waals surface area contributed by atoms with Crippen LogP contribution in [0.3, 0.4) is 0 Å². The number of aromatic nitrogens is 1. The number of carbonyl (C=O) groups excluding carboxylic acids is 1. The molecule has 0 radical (unpaired) electrons. The van der Waals surface area contributed by atoms with Crippen LogP contribution in [-0.2, 0) is 9.53 Å². The van der Waals surface area contributed by atoms with Gasteiger partial charge in [-0.15, -0.1) is 0 Å². The summed E-state index contributed by atoms with van der Waals surface area (Å²) in [6.45, 7) is 1.39. The van der Waals surface area contributed by atoms with E-state index in [9.17, 15) is 4.79 Å². The first kappa shape index (κ1) is 13.1. The number of rotatable bonds is 3. The Morgan fingerprint density at radius 3 is 2.95 bits per heavy atom. The van der Waals surface area contributed by atoms with Gasteiger partial charge in [0.15, 0.2) is 0 Å². The van der Waals surface area contributed by atoms with Crippen molar-refractivity contribution in [2.75, 3.05) is 18.5 Å². The Hall–Kier alpha value is -1.85. The van der Waals surface area contributed by atoms with Crippen molar-refractivity contribution in [3.63, 3.8) is 0 Å². The molecule has 5 nitrogen and oxygen atoms in total. The van der Waals surface area contributed by atoms with Crippen molar-refractivity contribution in [3.05, 3.63) is 30.5 Å². The van der Waals surface area contributed by atoms with Crippen LogP contribution >= 0.6 is 0 Å². The third-order valence-corrected chi connectivity index (χ3v) is 3.93.